The number of hydrogen-bond acceptors (Lipinski definition) is 5. The van der Waals surface area contributed by atoms with Crippen molar-refractivity contribution in [3.05, 3.63) is 24.7 Å². The van der Waals surface area contributed by atoms with Crippen LogP contribution in [0.4, 0.5) is 5.95 Å². The Morgan fingerprint density at radius 3 is 3.10 bits per heavy atom. The SMILES string of the molecule is CCn1cc(-c2ccnc(N3CCCC(N)C3)n2)cn1. The molecule has 1 fully saturated rings. The average molecular weight is 272 g/mol. The van der Waals surface area contributed by atoms with E-state index >= 15 is 0 Å². The van der Waals surface area contributed by atoms with Gasteiger partial charge in [0.05, 0.1) is 11.9 Å². The molecule has 1 aliphatic rings. The fourth-order valence-corrected chi connectivity index (χ4v) is 2.52. The number of aromatic nitrogens is 4. The zero-order chi connectivity index (χ0) is 13.9. The lowest BCUT2D eigenvalue weighted by molar-refractivity contribution is 0.500. The highest BCUT2D eigenvalue weighted by Crippen LogP contribution is 2.20. The van der Waals surface area contributed by atoms with Gasteiger partial charge in [0.25, 0.3) is 0 Å². The molecule has 1 atom stereocenters. The second-order valence-corrected chi connectivity index (χ2v) is 5.17. The second-order valence-electron chi connectivity index (χ2n) is 5.17. The number of piperidine rings is 1. The van der Waals surface area contributed by atoms with E-state index in [4.69, 9.17) is 5.73 Å². The van der Waals surface area contributed by atoms with Gasteiger partial charge in [-0.1, -0.05) is 0 Å². The van der Waals surface area contributed by atoms with Crippen LogP contribution in [-0.4, -0.2) is 38.9 Å². The van der Waals surface area contributed by atoms with Crippen molar-refractivity contribution < 1.29 is 0 Å². The van der Waals surface area contributed by atoms with Gasteiger partial charge in [-0.25, -0.2) is 9.97 Å². The van der Waals surface area contributed by atoms with Crippen molar-refractivity contribution in [1.82, 2.24) is 19.7 Å². The zero-order valence-corrected chi connectivity index (χ0v) is 11.7. The maximum atomic E-state index is 6.02. The molecule has 1 aliphatic heterocycles. The van der Waals surface area contributed by atoms with Crippen LogP contribution in [0.3, 0.4) is 0 Å². The normalized spacial score (nSPS) is 19.3. The minimum Gasteiger partial charge on any atom is -0.339 e. The summed E-state index contributed by atoms with van der Waals surface area (Å²) < 4.78 is 1.90. The van der Waals surface area contributed by atoms with E-state index in [0.29, 0.717) is 0 Å². The largest absolute Gasteiger partial charge is 0.339 e. The van der Waals surface area contributed by atoms with Crippen molar-refractivity contribution in [1.29, 1.82) is 0 Å². The van der Waals surface area contributed by atoms with Gasteiger partial charge in [0.1, 0.15) is 0 Å². The minimum absolute atomic E-state index is 0.221. The van der Waals surface area contributed by atoms with Crippen LogP contribution in [0.2, 0.25) is 0 Å². The summed E-state index contributed by atoms with van der Waals surface area (Å²) in [4.78, 5) is 11.2. The van der Waals surface area contributed by atoms with Gasteiger partial charge in [-0.15, -0.1) is 0 Å². The molecule has 2 aromatic heterocycles. The number of nitrogens with zero attached hydrogens (tertiary/aromatic N) is 5. The van der Waals surface area contributed by atoms with Gasteiger partial charge in [0.15, 0.2) is 0 Å². The number of anilines is 1. The molecular weight excluding hydrogens is 252 g/mol. The van der Waals surface area contributed by atoms with E-state index in [-0.39, 0.29) is 6.04 Å². The van der Waals surface area contributed by atoms with Crippen LogP contribution < -0.4 is 10.6 Å². The summed E-state index contributed by atoms with van der Waals surface area (Å²) in [7, 11) is 0. The van der Waals surface area contributed by atoms with Crippen LogP contribution in [0.5, 0.6) is 0 Å². The molecule has 1 saturated heterocycles. The fourth-order valence-electron chi connectivity index (χ4n) is 2.52. The molecule has 0 amide bonds. The van der Waals surface area contributed by atoms with Crippen LogP contribution in [0.15, 0.2) is 24.7 Å². The lowest BCUT2D eigenvalue weighted by Crippen LogP contribution is -2.43. The maximum Gasteiger partial charge on any atom is 0.225 e. The van der Waals surface area contributed by atoms with E-state index in [1.165, 1.54) is 0 Å². The molecule has 3 rings (SSSR count). The van der Waals surface area contributed by atoms with Crippen LogP contribution >= 0.6 is 0 Å². The van der Waals surface area contributed by atoms with Crippen molar-refractivity contribution in [3.8, 4) is 11.3 Å². The lowest BCUT2D eigenvalue weighted by atomic mass is 10.1. The maximum absolute atomic E-state index is 6.02. The molecule has 0 saturated carbocycles. The van der Waals surface area contributed by atoms with E-state index in [1.54, 1.807) is 6.20 Å². The summed E-state index contributed by atoms with van der Waals surface area (Å²) in [6, 6.07) is 2.14. The third-order valence-electron chi connectivity index (χ3n) is 3.64. The first-order valence-corrected chi connectivity index (χ1v) is 7.12. The number of aryl methyl sites for hydroxylation is 1. The predicted molar refractivity (Wildman–Crippen MR) is 78.3 cm³/mol. The first-order chi connectivity index (χ1) is 9.76. The van der Waals surface area contributed by atoms with Crippen molar-refractivity contribution in [2.75, 3.05) is 18.0 Å². The Kier molecular flexibility index (Phi) is 3.64. The van der Waals surface area contributed by atoms with Crippen molar-refractivity contribution in [3.63, 3.8) is 0 Å². The predicted octanol–water partition coefficient (Wildman–Crippen LogP) is 1.29. The van der Waals surface area contributed by atoms with Crippen molar-refractivity contribution in [2.45, 2.75) is 32.4 Å². The zero-order valence-electron chi connectivity index (χ0n) is 11.7. The Morgan fingerprint density at radius 2 is 2.35 bits per heavy atom. The molecule has 3 heterocycles. The van der Waals surface area contributed by atoms with Gasteiger partial charge in [-0.3, -0.25) is 4.68 Å². The van der Waals surface area contributed by atoms with E-state index in [1.807, 2.05) is 23.1 Å². The Morgan fingerprint density at radius 1 is 1.45 bits per heavy atom. The van der Waals surface area contributed by atoms with Gasteiger partial charge in [0, 0.05) is 43.6 Å². The van der Waals surface area contributed by atoms with Crippen LogP contribution in [0, 0.1) is 0 Å². The highest BCUT2D eigenvalue weighted by Gasteiger charge is 2.19. The third kappa shape index (κ3) is 2.65. The molecule has 106 valence electrons. The molecule has 2 N–H and O–H groups in total. The molecule has 6 nitrogen and oxygen atoms in total. The Labute approximate surface area is 118 Å². The van der Waals surface area contributed by atoms with Gasteiger partial charge < -0.3 is 10.6 Å². The highest BCUT2D eigenvalue weighted by atomic mass is 15.3. The topological polar surface area (TPSA) is 72.9 Å². The second kappa shape index (κ2) is 5.58. The lowest BCUT2D eigenvalue weighted by Gasteiger charge is -2.30. The highest BCUT2D eigenvalue weighted by molar-refractivity contribution is 5.58. The van der Waals surface area contributed by atoms with E-state index < -0.39 is 0 Å². The number of nitrogens with two attached hydrogens (primary N) is 1. The summed E-state index contributed by atoms with van der Waals surface area (Å²) in [6.45, 7) is 4.74. The van der Waals surface area contributed by atoms with Gasteiger partial charge in [0.2, 0.25) is 5.95 Å². The Bertz CT molecular complexity index is 579. The molecule has 6 heteroatoms. The summed E-state index contributed by atoms with van der Waals surface area (Å²) in [5, 5.41) is 4.29. The summed E-state index contributed by atoms with van der Waals surface area (Å²) in [5.74, 6) is 0.766. The standard InChI is InChI=1S/C14H20N6/c1-2-20-9-11(8-17-20)13-5-6-16-14(18-13)19-7-3-4-12(15)10-19/h5-6,8-9,12H,2-4,7,10,15H2,1H3. The summed E-state index contributed by atoms with van der Waals surface area (Å²) in [6.07, 6.45) is 7.84. The summed E-state index contributed by atoms with van der Waals surface area (Å²) >= 11 is 0. The van der Waals surface area contributed by atoms with E-state index in [2.05, 4.69) is 26.9 Å². The molecule has 20 heavy (non-hydrogen) atoms. The number of rotatable bonds is 3. The molecular formula is C14H20N6. The quantitative estimate of drug-likeness (QED) is 0.911. The van der Waals surface area contributed by atoms with Crippen LogP contribution in [0.1, 0.15) is 19.8 Å². The van der Waals surface area contributed by atoms with E-state index in [0.717, 1.165) is 49.7 Å². The van der Waals surface area contributed by atoms with Crippen LogP contribution in [-0.2, 0) is 6.54 Å². The van der Waals surface area contributed by atoms with E-state index in [9.17, 15) is 0 Å². The molecule has 2 aromatic rings. The van der Waals surface area contributed by atoms with Gasteiger partial charge in [-0.2, -0.15) is 5.10 Å². The molecule has 0 spiro atoms. The molecule has 0 aliphatic carbocycles. The van der Waals surface area contributed by atoms with Crippen LogP contribution in [0.25, 0.3) is 11.3 Å². The summed E-state index contributed by atoms with van der Waals surface area (Å²) in [5.41, 5.74) is 7.96. The minimum atomic E-state index is 0.221. The Balaban J connectivity index is 1.85. The molecule has 1 unspecified atom stereocenters. The first-order valence-electron chi connectivity index (χ1n) is 7.12. The molecule has 0 aromatic carbocycles. The third-order valence-corrected chi connectivity index (χ3v) is 3.64. The van der Waals surface area contributed by atoms with Gasteiger partial charge in [-0.05, 0) is 25.8 Å². The smallest absolute Gasteiger partial charge is 0.225 e. The molecule has 0 radical (unpaired) electrons. The fraction of sp³-hybridized carbons (Fsp3) is 0.500. The van der Waals surface area contributed by atoms with Crippen molar-refractivity contribution in [2.24, 2.45) is 5.73 Å². The number of hydrogen-bond donors (Lipinski definition) is 1. The van der Waals surface area contributed by atoms with Gasteiger partial charge >= 0.3 is 0 Å². The molecule has 0 bridgehead atoms. The monoisotopic (exact) mass is 272 g/mol. The van der Waals surface area contributed by atoms with Crippen molar-refractivity contribution >= 4 is 5.95 Å². The average Bonchev–Trinajstić information content (AvgIpc) is 2.96. The Hall–Kier alpha value is -1.95. The first kappa shape index (κ1) is 13.1.